The summed E-state index contributed by atoms with van der Waals surface area (Å²) in [6.07, 6.45) is 0.0743. The second-order valence-corrected chi connectivity index (χ2v) is 7.02. The van der Waals surface area contributed by atoms with Crippen molar-refractivity contribution in [1.29, 1.82) is 0 Å². The lowest BCUT2D eigenvalue weighted by Gasteiger charge is -2.30. The van der Waals surface area contributed by atoms with Gasteiger partial charge in [0.15, 0.2) is 5.70 Å². The highest BCUT2D eigenvalue weighted by Gasteiger charge is 2.41. The van der Waals surface area contributed by atoms with Crippen molar-refractivity contribution >= 4 is 23.3 Å². The van der Waals surface area contributed by atoms with Gasteiger partial charge in [0.25, 0.3) is 0 Å². The summed E-state index contributed by atoms with van der Waals surface area (Å²) < 4.78 is 32.7. The lowest BCUT2D eigenvalue weighted by molar-refractivity contribution is -0.143. The Kier molecular flexibility index (Phi) is 6.09. The number of allylic oxidation sites excluding steroid dienone is 2. The molecule has 2 unspecified atom stereocenters. The summed E-state index contributed by atoms with van der Waals surface area (Å²) in [7, 11) is 1.25. The number of ether oxygens (including phenoxy) is 1. The van der Waals surface area contributed by atoms with Crippen LogP contribution in [0.3, 0.4) is 0 Å². The molecule has 148 valence electrons. The van der Waals surface area contributed by atoms with E-state index in [0.29, 0.717) is 22.5 Å². The maximum absolute atomic E-state index is 14.2. The first-order valence-corrected chi connectivity index (χ1v) is 9.17. The molecule has 0 aromatic heterocycles. The largest absolute Gasteiger partial charge is 0.469 e. The molecule has 0 aliphatic carbocycles. The third kappa shape index (κ3) is 4.06. The van der Waals surface area contributed by atoms with Gasteiger partial charge in [0, 0.05) is 28.8 Å². The van der Waals surface area contributed by atoms with Crippen molar-refractivity contribution in [2.24, 2.45) is 10.9 Å². The van der Waals surface area contributed by atoms with Crippen LogP contribution in [-0.4, -0.2) is 18.8 Å². The van der Waals surface area contributed by atoms with Crippen molar-refractivity contribution < 1.29 is 18.3 Å². The van der Waals surface area contributed by atoms with Gasteiger partial charge in [-0.05, 0) is 36.2 Å². The van der Waals surface area contributed by atoms with Crippen LogP contribution in [0.2, 0.25) is 5.02 Å². The number of rotatable bonds is 4. The summed E-state index contributed by atoms with van der Waals surface area (Å²) in [5.74, 6) is -3.23. The van der Waals surface area contributed by atoms with E-state index in [-0.39, 0.29) is 17.1 Å². The van der Waals surface area contributed by atoms with Crippen molar-refractivity contribution in [2.45, 2.75) is 19.3 Å². The molecule has 0 spiro atoms. The van der Waals surface area contributed by atoms with Gasteiger partial charge in [-0.25, -0.2) is 13.6 Å². The van der Waals surface area contributed by atoms with E-state index in [0.717, 1.165) is 6.07 Å². The summed E-state index contributed by atoms with van der Waals surface area (Å²) in [6, 6.07) is 10.0. The quantitative estimate of drug-likeness (QED) is 0.500. The number of aliphatic imine (C=N–C) groups is 1. The average Bonchev–Trinajstić information content (AvgIpc) is 2.69. The molecule has 1 aliphatic rings. The van der Waals surface area contributed by atoms with Crippen LogP contribution in [0, 0.1) is 24.1 Å². The van der Waals surface area contributed by atoms with Crippen molar-refractivity contribution in [1.82, 2.24) is 0 Å². The molecule has 7 heteroatoms. The maximum atomic E-state index is 14.2. The Morgan fingerprint density at radius 1 is 1.28 bits per heavy atom. The molecule has 0 saturated heterocycles. The Labute approximate surface area is 172 Å². The molecule has 2 aromatic carbocycles. The zero-order valence-electron chi connectivity index (χ0n) is 15.7. The fourth-order valence-corrected chi connectivity index (χ4v) is 3.80. The first kappa shape index (κ1) is 20.7. The normalized spacial score (nSPS) is 18.8. The maximum Gasteiger partial charge on any atom is 0.314 e. The summed E-state index contributed by atoms with van der Waals surface area (Å²) in [5, 5.41) is 0.0880. The van der Waals surface area contributed by atoms with Gasteiger partial charge in [-0.1, -0.05) is 35.9 Å². The predicted molar refractivity (Wildman–Crippen MR) is 106 cm³/mol. The third-order valence-corrected chi connectivity index (χ3v) is 5.20. The van der Waals surface area contributed by atoms with E-state index >= 15 is 0 Å². The Balaban J connectivity index is 2.20. The lowest BCUT2D eigenvalue weighted by Crippen LogP contribution is -2.34. The molecule has 0 N–H and O–H groups in total. The van der Waals surface area contributed by atoms with E-state index in [1.165, 1.54) is 25.3 Å². The number of halogens is 3. The molecule has 0 saturated carbocycles. The van der Waals surface area contributed by atoms with Gasteiger partial charge in [0.1, 0.15) is 11.6 Å². The molecule has 4 nitrogen and oxygen atoms in total. The van der Waals surface area contributed by atoms with E-state index in [9.17, 15) is 13.6 Å². The molecule has 1 aliphatic heterocycles. The second kappa shape index (κ2) is 8.54. The van der Waals surface area contributed by atoms with Gasteiger partial charge in [0.2, 0.25) is 0 Å². The number of carbonyl (C=O) groups is 1. The van der Waals surface area contributed by atoms with Crippen LogP contribution in [0.5, 0.6) is 0 Å². The Bertz CT molecular complexity index is 1070. The fourth-order valence-electron chi connectivity index (χ4n) is 3.52. The Hall–Kier alpha value is -3.04. The van der Waals surface area contributed by atoms with E-state index in [4.69, 9.17) is 22.9 Å². The highest BCUT2D eigenvalue weighted by molar-refractivity contribution is 6.31. The van der Waals surface area contributed by atoms with Crippen LogP contribution in [-0.2, 0) is 16.0 Å². The van der Waals surface area contributed by atoms with Crippen LogP contribution < -0.4 is 0 Å². The predicted octanol–water partition coefficient (Wildman–Crippen LogP) is 5.34. The first-order valence-electron chi connectivity index (χ1n) is 8.79. The summed E-state index contributed by atoms with van der Waals surface area (Å²) in [4.78, 5) is 20.6. The SMILES string of the molecule is [C-]#[N+]C1=C(Cc2ccccc2F)N=C(C)C(C(=O)OC)C1c1ccc(F)cc1Cl. The minimum absolute atomic E-state index is 0.0743. The molecule has 3 rings (SSSR count). The van der Waals surface area contributed by atoms with Crippen LogP contribution in [0.15, 0.2) is 58.9 Å². The zero-order valence-corrected chi connectivity index (χ0v) is 16.5. The number of nitrogens with zero attached hydrogens (tertiary/aromatic N) is 2. The number of methoxy groups -OCH3 is 1. The molecular formula is C22H17ClF2N2O2. The van der Waals surface area contributed by atoms with Crippen molar-refractivity contribution in [3.05, 3.63) is 93.1 Å². The molecule has 2 aromatic rings. The molecule has 0 radical (unpaired) electrons. The number of hydrogen-bond acceptors (Lipinski definition) is 3. The highest BCUT2D eigenvalue weighted by Crippen LogP contribution is 2.43. The summed E-state index contributed by atoms with van der Waals surface area (Å²) in [5.41, 5.74) is 1.70. The number of esters is 1. The van der Waals surface area contributed by atoms with Gasteiger partial charge < -0.3 is 4.74 Å². The molecule has 29 heavy (non-hydrogen) atoms. The lowest BCUT2D eigenvalue weighted by atomic mass is 9.78. The first-order chi connectivity index (χ1) is 13.9. The van der Waals surface area contributed by atoms with Gasteiger partial charge >= 0.3 is 5.97 Å². The van der Waals surface area contributed by atoms with Gasteiger partial charge in [-0.2, -0.15) is 0 Å². The molecular weight excluding hydrogens is 398 g/mol. The Morgan fingerprint density at radius 2 is 2.00 bits per heavy atom. The van der Waals surface area contributed by atoms with Gasteiger partial charge in [0.05, 0.1) is 19.6 Å². The molecule has 0 bridgehead atoms. The second-order valence-electron chi connectivity index (χ2n) is 6.61. The van der Waals surface area contributed by atoms with Crippen molar-refractivity contribution in [3.8, 4) is 0 Å². The molecule has 1 heterocycles. The topological polar surface area (TPSA) is 43.0 Å². The summed E-state index contributed by atoms with van der Waals surface area (Å²) in [6.45, 7) is 9.38. The van der Waals surface area contributed by atoms with E-state index in [1.54, 1.807) is 25.1 Å². The van der Waals surface area contributed by atoms with Crippen LogP contribution in [0.25, 0.3) is 4.85 Å². The van der Waals surface area contributed by atoms with Crippen LogP contribution in [0.4, 0.5) is 8.78 Å². The number of benzene rings is 2. The summed E-state index contributed by atoms with van der Waals surface area (Å²) >= 11 is 6.26. The molecule has 0 amide bonds. The monoisotopic (exact) mass is 414 g/mol. The van der Waals surface area contributed by atoms with E-state index in [1.807, 2.05) is 0 Å². The van der Waals surface area contributed by atoms with Gasteiger partial charge in [-0.3, -0.25) is 9.79 Å². The molecule has 0 fully saturated rings. The van der Waals surface area contributed by atoms with Crippen LogP contribution >= 0.6 is 11.6 Å². The zero-order chi connectivity index (χ0) is 21.1. The van der Waals surface area contributed by atoms with Gasteiger partial charge in [-0.15, -0.1) is 0 Å². The smallest absolute Gasteiger partial charge is 0.314 e. The minimum Gasteiger partial charge on any atom is -0.469 e. The third-order valence-electron chi connectivity index (χ3n) is 4.87. The van der Waals surface area contributed by atoms with E-state index < -0.39 is 29.4 Å². The van der Waals surface area contributed by atoms with Crippen LogP contribution in [0.1, 0.15) is 24.0 Å². The fraction of sp³-hybridized carbons (Fsp3) is 0.227. The number of hydrogen-bond donors (Lipinski definition) is 0. The average molecular weight is 415 g/mol. The van der Waals surface area contributed by atoms with Crippen molar-refractivity contribution in [2.75, 3.05) is 7.11 Å². The highest BCUT2D eigenvalue weighted by atomic mass is 35.5. The Morgan fingerprint density at radius 3 is 2.62 bits per heavy atom. The molecule has 2 atom stereocenters. The minimum atomic E-state index is -0.892. The van der Waals surface area contributed by atoms with Crippen molar-refractivity contribution in [3.63, 3.8) is 0 Å². The number of carbonyl (C=O) groups excluding carboxylic acids is 1. The van der Waals surface area contributed by atoms with E-state index in [2.05, 4.69) is 9.84 Å². The standard InChI is InChI=1S/C22H17ClF2N2O2/c1-12-19(22(28)29-3)20(15-9-8-14(24)11-16(15)23)21(26-2)18(27-12)10-13-6-4-5-7-17(13)25/h4-9,11,19-20H,10H2,1,3H3.